The number of pyridine rings is 1. The summed E-state index contributed by atoms with van der Waals surface area (Å²) in [5, 5.41) is 18.3. The van der Waals surface area contributed by atoms with Crippen molar-refractivity contribution in [1.29, 1.82) is 0 Å². The van der Waals surface area contributed by atoms with Gasteiger partial charge in [-0.3, -0.25) is 14.9 Å². The Hall–Kier alpha value is -3.84. The second kappa shape index (κ2) is 9.19. The summed E-state index contributed by atoms with van der Waals surface area (Å²) in [5.74, 6) is 0.594. The van der Waals surface area contributed by atoms with Gasteiger partial charge in [0.25, 0.3) is 5.91 Å². The number of hydrogen-bond donors (Lipinski definition) is 2. The monoisotopic (exact) mass is 474 g/mol. The molecule has 4 aromatic rings. The highest BCUT2D eigenvalue weighted by atomic mass is 35.5. The molecule has 0 saturated carbocycles. The van der Waals surface area contributed by atoms with Gasteiger partial charge in [-0.15, -0.1) is 0 Å². The van der Waals surface area contributed by atoms with Crippen LogP contribution in [0.2, 0.25) is 5.02 Å². The van der Waals surface area contributed by atoms with Crippen LogP contribution in [0.25, 0.3) is 11.3 Å². The first-order valence-electron chi connectivity index (χ1n) is 11.1. The summed E-state index contributed by atoms with van der Waals surface area (Å²) in [7, 11) is 0. The zero-order chi connectivity index (χ0) is 23.7. The number of H-pyrrole nitrogens is 1. The van der Waals surface area contributed by atoms with Crippen molar-refractivity contribution in [2.24, 2.45) is 0 Å². The summed E-state index contributed by atoms with van der Waals surface area (Å²) >= 11 is 6.22. The van der Waals surface area contributed by atoms with Crippen LogP contribution in [-0.2, 0) is 6.54 Å². The number of halogens is 1. The van der Waals surface area contributed by atoms with Gasteiger partial charge in [0.15, 0.2) is 0 Å². The Morgan fingerprint density at radius 2 is 2.06 bits per heavy atom. The van der Waals surface area contributed by atoms with Crippen LogP contribution in [0.5, 0.6) is 11.5 Å². The number of nitrogens with zero attached hydrogens (tertiary/aromatic N) is 3. The molecule has 2 N–H and O–H groups in total. The second-order valence-electron chi connectivity index (χ2n) is 8.14. The third-order valence-electron chi connectivity index (χ3n) is 5.80. The summed E-state index contributed by atoms with van der Waals surface area (Å²) in [6.07, 6.45) is 4.34. The molecular weight excluding hydrogens is 452 g/mol. The molecular formula is C26H23ClN4O3. The van der Waals surface area contributed by atoms with E-state index >= 15 is 0 Å². The molecule has 1 aliphatic heterocycles. The SMILES string of the molecule is CCCOc1cccc(C2c3c(-c4cc(Cl)ccc4O)n[nH]c3C(=O)N2Cc2cccnc2)c1. The summed E-state index contributed by atoms with van der Waals surface area (Å²) in [5.41, 5.74) is 3.83. The summed E-state index contributed by atoms with van der Waals surface area (Å²) < 4.78 is 5.86. The molecule has 7 nitrogen and oxygen atoms in total. The molecule has 2 aromatic carbocycles. The quantitative estimate of drug-likeness (QED) is 0.376. The molecule has 0 spiro atoms. The molecule has 0 saturated heterocycles. The Bertz CT molecular complexity index is 1340. The molecule has 0 radical (unpaired) electrons. The lowest BCUT2D eigenvalue weighted by Crippen LogP contribution is -2.29. The number of ether oxygens (including phenoxy) is 1. The number of rotatable bonds is 7. The van der Waals surface area contributed by atoms with Gasteiger partial charge in [-0.25, -0.2) is 0 Å². The van der Waals surface area contributed by atoms with E-state index in [0.717, 1.165) is 23.3 Å². The van der Waals surface area contributed by atoms with Crippen molar-refractivity contribution >= 4 is 17.5 Å². The van der Waals surface area contributed by atoms with Crippen LogP contribution < -0.4 is 4.74 Å². The van der Waals surface area contributed by atoms with Crippen molar-refractivity contribution in [3.8, 4) is 22.8 Å². The van der Waals surface area contributed by atoms with Gasteiger partial charge in [0.2, 0.25) is 0 Å². The molecule has 2 aromatic heterocycles. The van der Waals surface area contributed by atoms with Crippen LogP contribution in [-0.4, -0.2) is 37.7 Å². The standard InChI is InChI=1S/C26H23ClN4O3/c1-2-11-34-19-7-3-6-17(12-19)25-22-23(20-13-18(27)8-9-21(20)32)29-30-24(22)26(33)31(25)15-16-5-4-10-28-14-16/h3-10,12-14,25,32H,2,11,15H2,1H3,(H,29,30). The van der Waals surface area contributed by atoms with Crippen molar-refractivity contribution in [2.75, 3.05) is 6.61 Å². The second-order valence-corrected chi connectivity index (χ2v) is 8.58. The van der Waals surface area contributed by atoms with E-state index in [1.165, 1.54) is 6.07 Å². The largest absolute Gasteiger partial charge is 0.507 e. The van der Waals surface area contributed by atoms with E-state index in [1.807, 2.05) is 36.4 Å². The normalized spacial score (nSPS) is 14.9. The molecule has 34 heavy (non-hydrogen) atoms. The smallest absolute Gasteiger partial charge is 0.273 e. The number of carbonyl (C=O) groups excluding carboxylic acids is 1. The minimum atomic E-state index is -0.444. The van der Waals surface area contributed by atoms with Gasteiger partial charge in [-0.05, 0) is 53.9 Å². The number of benzene rings is 2. The van der Waals surface area contributed by atoms with E-state index in [-0.39, 0.29) is 11.7 Å². The van der Waals surface area contributed by atoms with E-state index in [1.54, 1.807) is 29.4 Å². The molecule has 1 atom stereocenters. The summed E-state index contributed by atoms with van der Waals surface area (Å²) in [6, 6.07) is 15.9. The maximum absolute atomic E-state index is 13.6. The average molecular weight is 475 g/mol. The van der Waals surface area contributed by atoms with Gasteiger partial charge in [-0.2, -0.15) is 5.10 Å². The molecule has 3 heterocycles. The molecule has 0 aliphatic carbocycles. The number of hydrogen-bond acceptors (Lipinski definition) is 5. The fraction of sp³-hybridized carbons (Fsp3) is 0.192. The zero-order valence-electron chi connectivity index (χ0n) is 18.5. The van der Waals surface area contributed by atoms with Crippen LogP contribution in [0.3, 0.4) is 0 Å². The highest BCUT2D eigenvalue weighted by molar-refractivity contribution is 6.31. The molecule has 5 rings (SSSR count). The van der Waals surface area contributed by atoms with Gasteiger partial charge in [0.1, 0.15) is 22.9 Å². The van der Waals surface area contributed by atoms with Crippen molar-refractivity contribution in [3.05, 3.63) is 94.4 Å². The number of aromatic hydroxyl groups is 1. The topological polar surface area (TPSA) is 91.3 Å². The minimum absolute atomic E-state index is 0.0376. The lowest BCUT2D eigenvalue weighted by molar-refractivity contribution is 0.0729. The Morgan fingerprint density at radius 3 is 2.85 bits per heavy atom. The van der Waals surface area contributed by atoms with E-state index in [0.29, 0.717) is 40.7 Å². The van der Waals surface area contributed by atoms with Gasteiger partial charge in [-0.1, -0.05) is 36.7 Å². The molecule has 8 heteroatoms. The van der Waals surface area contributed by atoms with E-state index < -0.39 is 6.04 Å². The molecule has 1 aliphatic rings. The predicted octanol–water partition coefficient (Wildman–Crippen LogP) is 5.36. The minimum Gasteiger partial charge on any atom is -0.507 e. The molecule has 0 fully saturated rings. The molecule has 1 unspecified atom stereocenters. The van der Waals surface area contributed by atoms with Gasteiger partial charge >= 0.3 is 0 Å². The third kappa shape index (κ3) is 3.99. The van der Waals surface area contributed by atoms with Crippen LogP contribution in [0.4, 0.5) is 0 Å². The number of fused-ring (bicyclic) bond motifs is 1. The lowest BCUT2D eigenvalue weighted by Gasteiger charge is -2.27. The highest BCUT2D eigenvalue weighted by Gasteiger charge is 2.42. The summed E-state index contributed by atoms with van der Waals surface area (Å²) in [4.78, 5) is 19.5. The Kier molecular flexibility index (Phi) is 5.94. The van der Waals surface area contributed by atoms with Crippen molar-refractivity contribution < 1.29 is 14.6 Å². The third-order valence-corrected chi connectivity index (χ3v) is 6.04. The molecule has 0 bridgehead atoms. The number of phenolic OH excluding ortho intramolecular Hbond substituents is 1. The predicted molar refractivity (Wildman–Crippen MR) is 129 cm³/mol. The van der Waals surface area contributed by atoms with Gasteiger partial charge < -0.3 is 14.7 Å². The van der Waals surface area contributed by atoms with Gasteiger partial charge in [0, 0.05) is 35.1 Å². The van der Waals surface area contributed by atoms with Gasteiger partial charge in [0.05, 0.1) is 12.6 Å². The number of amides is 1. The number of aromatic amines is 1. The first-order chi connectivity index (χ1) is 16.6. The van der Waals surface area contributed by atoms with Crippen molar-refractivity contribution in [1.82, 2.24) is 20.1 Å². The first-order valence-corrected chi connectivity index (χ1v) is 11.4. The molecule has 172 valence electrons. The van der Waals surface area contributed by atoms with E-state index in [2.05, 4.69) is 22.1 Å². The Balaban J connectivity index is 1.65. The summed E-state index contributed by atoms with van der Waals surface area (Å²) in [6.45, 7) is 3.02. The van der Waals surface area contributed by atoms with E-state index in [9.17, 15) is 9.90 Å². The zero-order valence-corrected chi connectivity index (χ0v) is 19.3. The fourth-order valence-electron chi connectivity index (χ4n) is 4.29. The van der Waals surface area contributed by atoms with Crippen LogP contribution in [0.15, 0.2) is 67.0 Å². The van der Waals surface area contributed by atoms with E-state index in [4.69, 9.17) is 16.3 Å². The molecule has 1 amide bonds. The highest BCUT2D eigenvalue weighted by Crippen LogP contribution is 2.45. The lowest BCUT2D eigenvalue weighted by atomic mass is 9.95. The number of aromatic nitrogens is 3. The average Bonchev–Trinajstić information content (AvgIpc) is 3.39. The maximum atomic E-state index is 13.6. The Morgan fingerprint density at radius 1 is 1.18 bits per heavy atom. The maximum Gasteiger partial charge on any atom is 0.273 e. The number of carbonyl (C=O) groups is 1. The van der Waals surface area contributed by atoms with Crippen LogP contribution >= 0.6 is 11.6 Å². The first kappa shape index (κ1) is 22.0. The fourth-order valence-corrected chi connectivity index (χ4v) is 4.46. The van der Waals surface area contributed by atoms with Crippen LogP contribution in [0.1, 0.15) is 46.6 Å². The Labute approximate surface area is 202 Å². The van der Waals surface area contributed by atoms with Crippen molar-refractivity contribution in [2.45, 2.75) is 25.9 Å². The van der Waals surface area contributed by atoms with Crippen LogP contribution in [0, 0.1) is 0 Å². The number of phenols is 1. The number of nitrogens with one attached hydrogen (secondary N) is 1. The van der Waals surface area contributed by atoms with Crippen molar-refractivity contribution in [3.63, 3.8) is 0 Å².